The highest BCUT2D eigenvalue weighted by Crippen LogP contribution is 2.17. The summed E-state index contributed by atoms with van der Waals surface area (Å²) in [6.45, 7) is 2.04. The predicted octanol–water partition coefficient (Wildman–Crippen LogP) is 2.87. The first kappa shape index (κ1) is 9.58. The summed E-state index contributed by atoms with van der Waals surface area (Å²) in [5.41, 5.74) is 2.45. The first-order chi connectivity index (χ1) is 5.79. The summed E-state index contributed by atoms with van der Waals surface area (Å²) >= 11 is 2.34. The van der Waals surface area contributed by atoms with Crippen molar-refractivity contribution in [3.8, 4) is 0 Å². The zero-order valence-corrected chi connectivity index (χ0v) is 9.42. The molecule has 0 unspecified atom stereocenters. The van der Waals surface area contributed by atoms with Crippen molar-refractivity contribution in [3.05, 3.63) is 39.5 Å². The lowest BCUT2D eigenvalue weighted by molar-refractivity contribution is 1.12. The van der Waals surface area contributed by atoms with Crippen molar-refractivity contribution < 1.29 is 0 Å². The number of benzene rings is 1. The van der Waals surface area contributed by atoms with E-state index in [-0.39, 0.29) is 0 Å². The third-order valence-electron chi connectivity index (χ3n) is 1.72. The number of hydrogen-bond donors (Lipinski definition) is 1. The van der Waals surface area contributed by atoms with Crippen LogP contribution in [0.3, 0.4) is 0 Å². The van der Waals surface area contributed by atoms with E-state index in [0.29, 0.717) is 0 Å². The van der Waals surface area contributed by atoms with Crippen LogP contribution in [0.2, 0.25) is 0 Å². The molecule has 1 aromatic carbocycles. The van der Waals surface area contributed by atoms with E-state index in [1.807, 2.05) is 20.0 Å². The van der Waals surface area contributed by atoms with Gasteiger partial charge in [-0.1, -0.05) is 24.3 Å². The summed E-state index contributed by atoms with van der Waals surface area (Å²) in [5.74, 6) is 0. The van der Waals surface area contributed by atoms with Gasteiger partial charge in [0.15, 0.2) is 0 Å². The Bertz CT molecular complexity index is 292. The smallest absolute Gasteiger partial charge is 0.0378 e. The molecular formula is C10H12IN. The Morgan fingerprint density at radius 2 is 2.08 bits per heavy atom. The number of hydrogen-bond acceptors (Lipinski definition) is 1. The topological polar surface area (TPSA) is 12.0 Å². The molecule has 64 valence electrons. The molecule has 1 N–H and O–H groups in total. The maximum absolute atomic E-state index is 3.17. The Balaban J connectivity index is 3.10. The second-order valence-corrected chi connectivity index (χ2v) is 3.59. The van der Waals surface area contributed by atoms with Crippen LogP contribution in [0.1, 0.15) is 12.5 Å². The maximum atomic E-state index is 3.17. The van der Waals surface area contributed by atoms with Crippen molar-refractivity contribution in [1.29, 1.82) is 0 Å². The van der Waals surface area contributed by atoms with Gasteiger partial charge in [-0.3, -0.25) is 0 Å². The molecule has 0 bridgehead atoms. The molecular weight excluding hydrogens is 261 g/mol. The Morgan fingerprint density at radius 3 is 2.58 bits per heavy atom. The minimum Gasteiger partial charge on any atom is -0.388 e. The van der Waals surface area contributed by atoms with E-state index < -0.39 is 0 Å². The fourth-order valence-electron chi connectivity index (χ4n) is 1.11. The van der Waals surface area contributed by atoms with Crippen LogP contribution >= 0.6 is 22.6 Å². The zero-order valence-electron chi connectivity index (χ0n) is 7.26. The monoisotopic (exact) mass is 273 g/mol. The van der Waals surface area contributed by atoms with Gasteiger partial charge in [-0.25, -0.2) is 0 Å². The average Bonchev–Trinajstić information content (AvgIpc) is 2.10. The highest BCUT2D eigenvalue weighted by atomic mass is 127. The lowest BCUT2D eigenvalue weighted by Crippen LogP contribution is -2.05. The molecule has 0 saturated heterocycles. The van der Waals surface area contributed by atoms with E-state index in [0.717, 1.165) is 0 Å². The molecule has 12 heavy (non-hydrogen) atoms. The van der Waals surface area contributed by atoms with Crippen molar-refractivity contribution in [2.24, 2.45) is 0 Å². The van der Waals surface area contributed by atoms with Gasteiger partial charge >= 0.3 is 0 Å². The molecule has 2 heteroatoms. The number of halogens is 1. The molecule has 1 aromatic rings. The molecule has 0 saturated carbocycles. The van der Waals surface area contributed by atoms with Gasteiger partial charge in [0.25, 0.3) is 0 Å². The normalized spacial score (nSPS) is 11.4. The van der Waals surface area contributed by atoms with Gasteiger partial charge in [0.1, 0.15) is 0 Å². The van der Waals surface area contributed by atoms with Gasteiger partial charge < -0.3 is 5.32 Å². The van der Waals surface area contributed by atoms with E-state index in [4.69, 9.17) is 0 Å². The third kappa shape index (κ3) is 2.00. The standard InChI is InChI=1S/C10H12IN/c1-3-10(12-2)8-6-4-5-7-9(8)11/h3-7,12H,1-2H3/b10-3-. The largest absolute Gasteiger partial charge is 0.388 e. The summed E-state index contributed by atoms with van der Waals surface area (Å²) < 4.78 is 1.28. The lowest BCUT2D eigenvalue weighted by Gasteiger charge is -2.07. The Hall–Kier alpha value is -0.510. The summed E-state index contributed by atoms with van der Waals surface area (Å²) in [6.07, 6.45) is 2.08. The van der Waals surface area contributed by atoms with E-state index >= 15 is 0 Å². The minimum absolute atomic E-state index is 1.18. The molecule has 0 radical (unpaired) electrons. The van der Waals surface area contributed by atoms with Crippen LogP contribution in [0.5, 0.6) is 0 Å². The molecule has 1 rings (SSSR count). The first-order valence-corrected chi connectivity index (χ1v) is 4.96. The Kier molecular flexibility index (Phi) is 3.59. The molecule has 0 heterocycles. The van der Waals surface area contributed by atoms with Crippen LogP contribution in [0, 0.1) is 3.57 Å². The lowest BCUT2D eigenvalue weighted by atomic mass is 10.1. The van der Waals surface area contributed by atoms with Gasteiger partial charge in [-0.15, -0.1) is 0 Å². The zero-order chi connectivity index (χ0) is 8.97. The SMILES string of the molecule is C/C=C(\NC)c1ccccc1I. The van der Waals surface area contributed by atoms with Crippen LogP contribution in [-0.2, 0) is 0 Å². The molecule has 0 fully saturated rings. The van der Waals surface area contributed by atoms with Crippen molar-refractivity contribution in [3.63, 3.8) is 0 Å². The van der Waals surface area contributed by atoms with Crippen LogP contribution in [0.25, 0.3) is 5.70 Å². The van der Waals surface area contributed by atoms with Gasteiger partial charge in [0.05, 0.1) is 0 Å². The Morgan fingerprint density at radius 1 is 1.42 bits per heavy atom. The second kappa shape index (κ2) is 4.50. The van der Waals surface area contributed by atoms with Crippen molar-refractivity contribution >= 4 is 28.3 Å². The molecule has 0 atom stereocenters. The van der Waals surface area contributed by atoms with Crippen molar-refractivity contribution in [2.75, 3.05) is 7.05 Å². The van der Waals surface area contributed by atoms with Gasteiger partial charge in [0.2, 0.25) is 0 Å². The predicted molar refractivity (Wildman–Crippen MR) is 61.9 cm³/mol. The molecule has 0 aromatic heterocycles. The number of allylic oxidation sites excluding steroid dienone is 1. The van der Waals surface area contributed by atoms with Crippen LogP contribution < -0.4 is 5.32 Å². The molecule has 0 aliphatic heterocycles. The van der Waals surface area contributed by atoms with E-state index in [9.17, 15) is 0 Å². The maximum Gasteiger partial charge on any atom is 0.0378 e. The molecule has 0 aliphatic carbocycles. The van der Waals surface area contributed by atoms with Gasteiger partial charge in [-0.2, -0.15) is 0 Å². The van der Waals surface area contributed by atoms with Gasteiger partial charge in [0, 0.05) is 21.9 Å². The average molecular weight is 273 g/mol. The quantitative estimate of drug-likeness (QED) is 0.817. The molecule has 0 aliphatic rings. The van der Waals surface area contributed by atoms with E-state index in [1.54, 1.807) is 0 Å². The van der Waals surface area contributed by atoms with Crippen LogP contribution in [0.4, 0.5) is 0 Å². The highest BCUT2D eigenvalue weighted by molar-refractivity contribution is 14.1. The third-order valence-corrected chi connectivity index (χ3v) is 2.66. The van der Waals surface area contributed by atoms with Crippen LogP contribution in [0.15, 0.2) is 30.3 Å². The summed E-state index contributed by atoms with van der Waals surface area (Å²) in [6, 6.07) is 8.33. The minimum atomic E-state index is 1.18. The van der Waals surface area contributed by atoms with Crippen molar-refractivity contribution in [2.45, 2.75) is 6.92 Å². The molecule has 0 amide bonds. The van der Waals surface area contributed by atoms with E-state index in [1.165, 1.54) is 14.8 Å². The van der Waals surface area contributed by atoms with Gasteiger partial charge in [-0.05, 0) is 35.6 Å². The van der Waals surface area contributed by atoms with Crippen LogP contribution in [-0.4, -0.2) is 7.05 Å². The summed E-state index contributed by atoms with van der Waals surface area (Å²) in [5, 5.41) is 3.17. The molecule has 1 nitrogen and oxygen atoms in total. The first-order valence-electron chi connectivity index (χ1n) is 3.88. The highest BCUT2D eigenvalue weighted by Gasteiger charge is 2.00. The fourth-order valence-corrected chi connectivity index (χ4v) is 1.79. The summed E-state index contributed by atoms with van der Waals surface area (Å²) in [7, 11) is 1.94. The second-order valence-electron chi connectivity index (χ2n) is 2.43. The fraction of sp³-hybridized carbons (Fsp3) is 0.200. The molecule has 0 spiro atoms. The van der Waals surface area contributed by atoms with E-state index in [2.05, 4.69) is 52.2 Å². The Labute approximate surface area is 87.0 Å². The summed E-state index contributed by atoms with van der Waals surface area (Å²) in [4.78, 5) is 0. The number of rotatable bonds is 2. The number of nitrogens with one attached hydrogen (secondary N) is 1. The van der Waals surface area contributed by atoms with Crippen molar-refractivity contribution in [1.82, 2.24) is 5.32 Å².